The van der Waals surface area contributed by atoms with E-state index >= 15 is 0 Å². The summed E-state index contributed by atoms with van der Waals surface area (Å²) in [4.78, 5) is 12.1. The molecule has 1 nitrogen and oxygen atoms in total. The number of hydrogen-bond donors (Lipinski definition) is 0. The van der Waals surface area contributed by atoms with Gasteiger partial charge in [0.2, 0.25) is 0 Å². The van der Waals surface area contributed by atoms with E-state index in [1.54, 1.807) is 0 Å². The number of hydrogen-bond acceptors (Lipinski definition) is 1. The second kappa shape index (κ2) is 3.89. The molecule has 0 amide bonds. The Kier molecular flexibility index (Phi) is 2.71. The second-order valence-electron chi connectivity index (χ2n) is 4.91. The van der Waals surface area contributed by atoms with Gasteiger partial charge in [0.25, 0.3) is 0 Å². The van der Waals surface area contributed by atoms with Gasteiger partial charge in [0.05, 0.1) is 5.41 Å². The Morgan fingerprint density at radius 1 is 1.44 bits per heavy atom. The Hall–Kier alpha value is -1.37. The SMILES string of the molecule is C=CC[C@]1(c2ccc(C)cc2)C[C@@H](C)C1=O. The van der Waals surface area contributed by atoms with E-state index in [4.69, 9.17) is 0 Å². The van der Waals surface area contributed by atoms with Gasteiger partial charge in [0, 0.05) is 5.92 Å². The highest BCUT2D eigenvalue weighted by Crippen LogP contribution is 2.47. The van der Waals surface area contributed by atoms with E-state index in [1.165, 1.54) is 5.56 Å². The fraction of sp³-hybridized carbons (Fsp3) is 0.400. The summed E-state index contributed by atoms with van der Waals surface area (Å²) in [7, 11) is 0. The molecule has 0 saturated heterocycles. The minimum Gasteiger partial charge on any atom is -0.298 e. The molecule has 0 radical (unpaired) electrons. The van der Waals surface area contributed by atoms with Crippen molar-refractivity contribution in [3.63, 3.8) is 0 Å². The van der Waals surface area contributed by atoms with Gasteiger partial charge in [0.1, 0.15) is 5.78 Å². The second-order valence-corrected chi connectivity index (χ2v) is 4.91. The summed E-state index contributed by atoms with van der Waals surface area (Å²) in [5.74, 6) is 0.581. The third-order valence-electron chi connectivity index (χ3n) is 3.67. The van der Waals surface area contributed by atoms with Crippen LogP contribution in [0.2, 0.25) is 0 Å². The van der Waals surface area contributed by atoms with Gasteiger partial charge in [-0.2, -0.15) is 0 Å². The van der Waals surface area contributed by atoms with Crippen LogP contribution in [0.4, 0.5) is 0 Å². The average molecular weight is 214 g/mol. The molecule has 16 heavy (non-hydrogen) atoms. The van der Waals surface area contributed by atoms with Gasteiger partial charge in [-0.05, 0) is 25.3 Å². The molecule has 0 spiro atoms. The predicted molar refractivity (Wildman–Crippen MR) is 66.5 cm³/mol. The molecule has 1 fully saturated rings. The zero-order chi connectivity index (χ0) is 11.8. The summed E-state index contributed by atoms with van der Waals surface area (Å²) in [6.07, 6.45) is 3.59. The van der Waals surface area contributed by atoms with Gasteiger partial charge in [-0.1, -0.05) is 42.8 Å². The first-order valence-corrected chi connectivity index (χ1v) is 5.82. The van der Waals surface area contributed by atoms with Crippen molar-refractivity contribution in [3.05, 3.63) is 48.0 Å². The molecule has 1 aromatic rings. The zero-order valence-corrected chi connectivity index (χ0v) is 9.99. The topological polar surface area (TPSA) is 17.1 Å². The lowest BCUT2D eigenvalue weighted by Crippen LogP contribution is -2.50. The molecule has 0 aliphatic heterocycles. The Morgan fingerprint density at radius 3 is 2.50 bits per heavy atom. The van der Waals surface area contributed by atoms with E-state index < -0.39 is 0 Å². The summed E-state index contributed by atoms with van der Waals surface area (Å²) < 4.78 is 0. The van der Waals surface area contributed by atoms with Crippen LogP contribution in [-0.4, -0.2) is 5.78 Å². The Balaban J connectivity index is 2.37. The maximum absolute atomic E-state index is 12.1. The quantitative estimate of drug-likeness (QED) is 0.705. The molecule has 0 aromatic heterocycles. The fourth-order valence-corrected chi connectivity index (χ4v) is 2.74. The summed E-state index contributed by atoms with van der Waals surface area (Å²) in [5, 5.41) is 0. The molecule has 2 atom stereocenters. The van der Waals surface area contributed by atoms with Crippen LogP contribution in [0.1, 0.15) is 30.9 Å². The zero-order valence-electron chi connectivity index (χ0n) is 9.99. The maximum atomic E-state index is 12.1. The van der Waals surface area contributed by atoms with Gasteiger partial charge >= 0.3 is 0 Å². The molecule has 1 saturated carbocycles. The van der Waals surface area contributed by atoms with Crippen LogP contribution in [0.15, 0.2) is 36.9 Å². The third kappa shape index (κ3) is 1.51. The predicted octanol–water partition coefficient (Wildman–Crippen LogP) is 3.42. The van der Waals surface area contributed by atoms with Crippen molar-refractivity contribution < 1.29 is 4.79 Å². The molecule has 0 bridgehead atoms. The lowest BCUT2D eigenvalue weighted by atomic mass is 9.56. The molecule has 2 rings (SSSR count). The van der Waals surface area contributed by atoms with Crippen LogP contribution in [0.3, 0.4) is 0 Å². The normalized spacial score (nSPS) is 28.6. The summed E-state index contributed by atoms with van der Waals surface area (Å²) >= 11 is 0. The minimum absolute atomic E-state index is 0.209. The van der Waals surface area contributed by atoms with Crippen molar-refractivity contribution in [2.75, 3.05) is 0 Å². The average Bonchev–Trinajstić information content (AvgIpc) is 2.29. The summed E-state index contributed by atoms with van der Waals surface area (Å²) in [6.45, 7) is 7.85. The Morgan fingerprint density at radius 2 is 2.06 bits per heavy atom. The number of benzene rings is 1. The molecule has 0 N–H and O–H groups in total. The Bertz CT molecular complexity index is 416. The minimum atomic E-state index is -0.269. The van der Waals surface area contributed by atoms with Crippen molar-refractivity contribution >= 4 is 5.78 Å². The van der Waals surface area contributed by atoms with Crippen molar-refractivity contribution in [3.8, 4) is 0 Å². The Labute approximate surface area is 97.2 Å². The molecule has 0 heterocycles. The van der Waals surface area contributed by atoms with Crippen LogP contribution < -0.4 is 0 Å². The van der Waals surface area contributed by atoms with E-state index in [0.29, 0.717) is 5.78 Å². The van der Waals surface area contributed by atoms with E-state index in [0.717, 1.165) is 18.4 Å². The third-order valence-corrected chi connectivity index (χ3v) is 3.67. The lowest BCUT2D eigenvalue weighted by Gasteiger charge is -2.44. The number of carbonyl (C=O) groups excluding carboxylic acids is 1. The van der Waals surface area contributed by atoms with Crippen molar-refractivity contribution in [2.24, 2.45) is 5.92 Å². The molecule has 1 heteroatoms. The van der Waals surface area contributed by atoms with Gasteiger partial charge < -0.3 is 0 Å². The number of carbonyl (C=O) groups is 1. The molecule has 0 unspecified atom stereocenters. The first-order chi connectivity index (χ1) is 7.60. The van der Waals surface area contributed by atoms with Crippen molar-refractivity contribution in [1.82, 2.24) is 0 Å². The smallest absolute Gasteiger partial charge is 0.146 e. The molecular weight excluding hydrogens is 196 g/mol. The van der Waals surface area contributed by atoms with E-state index in [9.17, 15) is 4.79 Å². The standard InChI is InChI=1S/C15H18O/c1-4-9-15(10-12(3)14(15)16)13-7-5-11(2)6-8-13/h4-8,12H,1,9-10H2,2-3H3/t12-,15-/m1/s1. The molecule has 1 aromatic carbocycles. The molecule has 1 aliphatic rings. The largest absolute Gasteiger partial charge is 0.298 e. The van der Waals surface area contributed by atoms with Crippen LogP contribution in [0, 0.1) is 12.8 Å². The lowest BCUT2D eigenvalue weighted by molar-refractivity contribution is -0.137. The first-order valence-electron chi connectivity index (χ1n) is 5.82. The van der Waals surface area contributed by atoms with Gasteiger partial charge in [-0.25, -0.2) is 0 Å². The molecule has 84 valence electrons. The van der Waals surface area contributed by atoms with Crippen molar-refractivity contribution in [1.29, 1.82) is 0 Å². The van der Waals surface area contributed by atoms with Crippen LogP contribution in [0.5, 0.6) is 0 Å². The van der Waals surface area contributed by atoms with Gasteiger partial charge in [0.15, 0.2) is 0 Å². The van der Waals surface area contributed by atoms with Gasteiger partial charge in [-0.3, -0.25) is 4.79 Å². The van der Waals surface area contributed by atoms with Crippen molar-refractivity contribution in [2.45, 2.75) is 32.1 Å². The van der Waals surface area contributed by atoms with E-state index in [-0.39, 0.29) is 11.3 Å². The van der Waals surface area contributed by atoms with Gasteiger partial charge in [-0.15, -0.1) is 6.58 Å². The number of ketones is 1. The highest BCUT2D eigenvalue weighted by atomic mass is 16.1. The van der Waals surface area contributed by atoms with Crippen LogP contribution >= 0.6 is 0 Å². The van der Waals surface area contributed by atoms with E-state index in [2.05, 4.69) is 37.8 Å². The summed E-state index contributed by atoms with van der Waals surface area (Å²) in [6, 6.07) is 8.33. The van der Waals surface area contributed by atoms with Crippen LogP contribution in [0.25, 0.3) is 0 Å². The maximum Gasteiger partial charge on any atom is 0.146 e. The number of aryl methyl sites for hydroxylation is 1. The fourth-order valence-electron chi connectivity index (χ4n) is 2.74. The summed E-state index contributed by atoms with van der Waals surface area (Å²) in [5.41, 5.74) is 2.12. The monoisotopic (exact) mass is 214 g/mol. The molecular formula is C15H18O. The number of allylic oxidation sites excluding steroid dienone is 1. The van der Waals surface area contributed by atoms with Crippen LogP contribution in [-0.2, 0) is 10.2 Å². The molecule has 1 aliphatic carbocycles. The first kappa shape index (κ1) is 11.1. The number of rotatable bonds is 3. The van der Waals surface area contributed by atoms with E-state index in [1.807, 2.05) is 13.0 Å². The number of Topliss-reactive ketones (excluding diaryl/α,β-unsaturated/α-hetero) is 1. The highest BCUT2D eigenvalue weighted by Gasteiger charge is 2.51. The highest BCUT2D eigenvalue weighted by molar-refractivity contribution is 5.97.